The molecule has 0 radical (unpaired) electrons. The first-order valence-electron chi connectivity index (χ1n) is 7.53. The van der Waals surface area contributed by atoms with Crippen molar-refractivity contribution in [3.63, 3.8) is 0 Å². The van der Waals surface area contributed by atoms with E-state index in [0.29, 0.717) is 5.28 Å². The van der Waals surface area contributed by atoms with Crippen molar-refractivity contribution in [1.82, 2.24) is 9.97 Å². The van der Waals surface area contributed by atoms with Gasteiger partial charge in [-0.05, 0) is 43.9 Å². The maximum Gasteiger partial charge on any atom is 0.225 e. The quantitative estimate of drug-likeness (QED) is 0.799. The summed E-state index contributed by atoms with van der Waals surface area (Å²) in [6.07, 6.45) is 3.55. The molecule has 1 aliphatic rings. The normalized spacial score (nSPS) is 19.4. The molecular formula is C15H20ClN3OS. The molecule has 1 saturated heterocycles. The smallest absolute Gasteiger partial charge is 0.225 e. The Morgan fingerprint density at radius 2 is 2.29 bits per heavy atom. The number of fused-ring (bicyclic) bond motifs is 1. The highest BCUT2D eigenvalue weighted by atomic mass is 35.5. The van der Waals surface area contributed by atoms with Crippen molar-refractivity contribution in [2.75, 3.05) is 24.6 Å². The van der Waals surface area contributed by atoms with Crippen LogP contribution in [-0.4, -0.2) is 35.8 Å². The average molecular weight is 326 g/mol. The molecular weight excluding hydrogens is 306 g/mol. The Balaban J connectivity index is 1.96. The summed E-state index contributed by atoms with van der Waals surface area (Å²) in [5, 5.41) is 1.46. The summed E-state index contributed by atoms with van der Waals surface area (Å²) in [6, 6.07) is 2.20. The fourth-order valence-electron chi connectivity index (χ4n) is 2.85. The zero-order valence-electron chi connectivity index (χ0n) is 12.4. The molecule has 0 aliphatic carbocycles. The van der Waals surface area contributed by atoms with Crippen molar-refractivity contribution < 1.29 is 4.74 Å². The van der Waals surface area contributed by atoms with Crippen LogP contribution in [0.25, 0.3) is 10.2 Å². The third kappa shape index (κ3) is 3.15. The molecule has 3 rings (SSSR count). The predicted octanol–water partition coefficient (Wildman–Crippen LogP) is 3.91. The Morgan fingerprint density at radius 1 is 1.43 bits per heavy atom. The van der Waals surface area contributed by atoms with Gasteiger partial charge in [0.25, 0.3) is 0 Å². The molecule has 3 heterocycles. The Hall–Kier alpha value is -0.910. The summed E-state index contributed by atoms with van der Waals surface area (Å²) < 4.78 is 5.79. The number of aromatic nitrogens is 2. The predicted molar refractivity (Wildman–Crippen MR) is 88.7 cm³/mol. The van der Waals surface area contributed by atoms with E-state index in [1.165, 1.54) is 4.88 Å². The van der Waals surface area contributed by atoms with E-state index in [1.807, 2.05) is 6.92 Å². The second-order valence-corrected chi connectivity index (χ2v) is 6.72. The maximum atomic E-state index is 6.12. The lowest BCUT2D eigenvalue weighted by Crippen LogP contribution is -2.40. The maximum absolute atomic E-state index is 6.12. The number of thiophene rings is 1. The monoisotopic (exact) mass is 325 g/mol. The number of hydrogen-bond donors (Lipinski definition) is 0. The number of halogens is 1. The van der Waals surface area contributed by atoms with E-state index in [0.717, 1.165) is 55.0 Å². The SMILES string of the molecule is CCOC1CCCN(c2nc(Cl)nc3sc(CC)cc23)C1. The van der Waals surface area contributed by atoms with Crippen LogP contribution in [0.5, 0.6) is 0 Å². The van der Waals surface area contributed by atoms with Crippen LogP contribution in [0.1, 0.15) is 31.6 Å². The Bertz CT molecular complexity index is 629. The highest BCUT2D eigenvalue weighted by Crippen LogP contribution is 2.33. The second kappa shape index (κ2) is 6.46. The molecule has 2 aromatic heterocycles. The van der Waals surface area contributed by atoms with Gasteiger partial charge in [-0.15, -0.1) is 11.3 Å². The minimum Gasteiger partial charge on any atom is -0.377 e. The number of anilines is 1. The highest BCUT2D eigenvalue weighted by Gasteiger charge is 2.24. The third-order valence-corrected chi connectivity index (χ3v) is 5.17. The topological polar surface area (TPSA) is 38.2 Å². The first-order valence-corrected chi connectivity index (χ1v) is 8.73. The highest BCUT2D eigenvalue weighted by molar-refractivity contribution is 7.18. The standard InChI is InChI=1S/C15H20ClN3OS/c1-3-11-8-12-13(17-15(16)18-14(12)21-11)19-7-5-6-10(9-19)20-4-2/h8,10H,3-7,9H2,1-2H3. The zero-order valence-corrected chi connectivity index (χ0v) is 14.0. The number of ether oxygens (including phenoxy) is 1. The van der Waals surface area contributed by atoms with Gasteiger partial charge in [-0.25, -0.2) is 4.98 Å². The Labute approximate surface area is 134 Å². The van der Waals surface area contributed by atoms with Crippen LogP contribution < -0.4 is 4.90 Å². The van der Waals surface area contributed by atoms with Gasteiger partial charge in [0, 0.05) is 24.6 Å². The largest absolute Gasteiger partial charge is 0.377 e. The molecule has 2 aromatic rings. The van der Waals surface area contributed by atoms with Crippen LogP contribution in [0.15, 0.2) is 6.07 Å². The summed E-state index contributed by atoms with van der Waals surface area (Å²) in [5.41, 5.74) is 0. The van der Waals surface area contributed by atoms with Gasteiger partial charge in [0.1, 0.15) is 10.6 Å². The number of aryl methyl sites for hydroxylation is 1. The molecule has 1 atom stereocenters. The average Bonchev–Trinajstić information content (AvgIpc) is 2.90. The zero-order chi connectivity index (χ0) is 14.8. The molecule has 0 spiro atoms. The van der Waals surface area contributed by atoms with Gasteiger partial charge < -0.3 is 9.64 Å². The van der Waals surface area contributed by atoms with Crippen LogP contribution in [0.3, 0.4) is 0 Å². The van der Waals surface area contributed by atoms with Crippen molar-refractivity contribution in [3.8, 4) is 0 Å². The molecule has 1 unspecified atom stereocenters. The van der Waals surface area contributed by atoms with Gasteiger partial charge >= 0.3 is 0 Å². The second-order valence-electron chi connectivity index (χ2n) is 5.27. The van der Waals surface area contributed by atoms with Crippen molar-refractivity contribution in [1.29, 1.82) is 0 Å². The molecule has 0 saturated carbocycles. The first-order chi connectivity index (χ1) is 10.2. The van der Waals surface area contributed by atoms with E-state index in [-0.39, 0.29) is 6.10 Å². The fourth-order valence-corrected chi connectivity index (χ4v) is 4.03. The van der Waals surface area contributed by atoms with Crippen LogP contribution in [0.2, 0.25) is 5.28 Å². The summed E-state index contributed by atoms with van der Waals surface area (Å²) in [6.45, 7) is 6.85. The minimum atomic E-state index is 0.289. The lowest BCUT2D eigenvalue weighted by atomic mass is 10.1. The number of hydrogen-bond acceptors (Lipinski definition) is 5. The van der Waals surface area contributed by atoms with Gasteiger partial charge in [-0.1, -0.05) is 6.92 Å². The molecule has 1 fully saturated rings. The molecule has 1 aliphatic heterocycles. The molecule has 0 aromatic carbocycles. The molecule has 0 bridgehead atoms. The van der Waals surface area contributed by atoms with Gasteiger partial charge in [0.2, 0.25) is 5.28 Å². The third-order valence-electron chi connectivity index (χ3n) is 3.82. The minimum absolute atomic E-state index is 0.289. The molecule has 0 N–H and O–H groups in total. The van der Waals surface area contributed by atoms with Crippen molar-refractivity contribution in [2.24, 2.45) is 0 Å². The van der Waals surface area contributed by atoms with Gasteiger partial charge in [0.05, 0.1) is 11.5 Å². The van der Waals surface area contributed by atoms with Crippen molar-refractivity contribution in [3.05, 3.63) is 16.2 Å². The van der Waals surface area contributed by atoms with E-state index in [2.05, 4.69) is 27.9 Å². The molecule has 4 nitrogen and oxygen atoms in total. The van der Waals surface area contributed by atoms with Crippen LogP contribution >= 0.6 is 22.9 Å². The summed E-state index contributed by atoms with van der Waals surface area (Å²) in [4.78, 5) is 13.5. The van der Waals surface area contributed by atoms with Crippen LogP contribution in [0, 0.1) is 0 Å². The number of nitrogens with zero attached hydrogens (tertiary/aromatic N) is 3. The lowest BCUT2D eigenvalue weighted by Gasteiger charge is -2.33. The van der Waals surface area contributed by atoms with E-state index < -0.39 is 0 Å². The fraction of sp³-hybridized carbons (Fsp3) is 0.600. The van der Waals surface area contributed by atoms with Crippen molar-refractivity contribution >= 4 is 39.0 Å². The molecule has 0 amide bonds. The van der Waals surface area contributed by atoms with Crippen molar-refractivity contribution in [2.45, 2.75) is 39.2 Å². The number of rotatable bonds is 4. The van der Waals surface area contributed by atoms with E-state index >= 15 is 0 Å². The first kappa shape index (κ1) is 15.0. The summed E-state index contributed by atoms with van der Waals surface area (Å²) >= 11 is 7.83. The van der Waals surface area contributed by atoms with Crippen LogP contribution in [0.4, 0.5) is 5.82 Å². The summed E-state index contributed by atoms with van der Waals surface area (Å²) in [7, 11) is 0. The summed E-state index contributed by atoms with van der Waals surface area (Å²) in [5.74, 6) is 0.963. The lowest BCUT2D eigenvalue weighted by molar-refractivity contribution is 0.0526. The van der Waals surface area contributed by atoms with Crippen LogP contribution in [-0.2, 0) is 11.2 Å². The molecule has 114 valence electrons. The van der Waals surface area contributed by atoms with E-state index in [9.17, 15) is 0 Å². The van der Waals surface area contributed by atoms with Gasteiger partial charge in [-0.2, -0.15) is 4.98 Å². The Kier molecular flexibility index (Phi) is 4.62. The van der Waals surface area contributed by atoms with E-state index in [1.54, 1.807) is 11.3 Å². The molecule has 6 heteroatoms. The van der Waals surface area contributed by atoms with E-state index in [4.69, 9.17) is 16.3 Å². The van der Waals surface area contributed by atoms with Gasteiger partial charge in [-0.3, -0.25) is 0 Å². The Morgan fingerprint density at radius 3 is 3.05 bits per heavy atom. The molecule has 21 heavy (non-hydrogen) atoms. The van der Waals surface area contributed by atoms with Gasteiger partial charge in [0.15, 0.2) is 0 Å². The number of piperidine rings is 1.